The average Bonchev–Trinajstić information content (AvgIpc) is 2.69. The topological polar surface area (TPSA) is 81.4 Å². The fourth-order valence-corrected chi connectivity index (χ4v) is 2.16. The molecule has 1 atom stereocenters. The third-order valence-corrected chi connectivity index (χ3v) is 3.24. The molecular weight excluding hydrogens is 256 g/mol. The lowest BCUT2D eigenvalue weighted by atomic mass is 9.89. The van der Waals surface area contributed by atoms with Crippen LogP contribution in [0.2, 0.25) is 0 Å². The summed E-state index contributed by atoms with van der Waals surface area (Å²) in [6.07, 6.45) is 0.553. The lowest BCUT2D eigenvalue weighted by Crippen LogP contribution is -2.43. The van der Waals surface area contributed by atoms with Crippen LogP contribution in [0.3, 0.4) is 0 Å². The van der Waals surface area contributed by atoms with Crippen molar-refractivity contribution in [3.8, 4) is 0 Å². The predicted molar refractivity (Wildman–Crippen MR) is 75.1 cm³/mol. The van der Waals surface area contributed by atoms with Crippen LogP contribution in [-0.4, -0.2) is 24.0 Å². The molecule has 1 aliphatic rings. The fraction of sp³-hybridized carbons (Fsp3) is 0.467. The zero-order chi connectivity index (χ0) is 15.0. The highest BCUT2D eigenvalue weighted by atomic mass is 16.6. The van der Waals surface area contributed by atoms with Crippen LogP contribution in [0.15, 0.2) is 24.3 Å². The van der Waals surface area contributed by atoms with Gasteiger partial charge in [-0.05, 0) is 44.9 Å². The Balaban J connectivity index is 2.19. The minimum absolute atomic E-state index is 0.178. The van der Waals surface area contributed by atoms with E-state index in [1.807, 2.05) is 20.8 Å². The van der Waals surface area contributed by atoms with E-state index in [0.717, 1.165) is 0 Å². The molecule has 1 aromatic carbocycles. The molecule has 5 nitrogen and oxygen atoms in total. The Morgan fingerprint density at radius 2 is 1.90 bits per heavy atom. The molecule has 1 aromatic rings. The molecule has 1 unspecified atom stereocenters. The molecule has 1 fully saturated rings. The second-order valence-electron chi connectivity index (χ2n) is 6.06. The Labute approximate surface area is 118 Å². The molecule has 3 N–H and O–H groups in total. The minimum atomic E-state index is -0.994. The summed E-state index contributed by atoms with van der Waals surface area (Å²) in [5.74, 6) is -0.562. The van der Waals surface area contributed by atoms with Crippen LogP contribution in [0.4, 0.5) is 0 Å². The van der Waals surface area contributed by atoms with E-state index >= 15 is 0 Å². The van der Waals surface area contributed by atoms with Gasteiger partial charge < -0.3 is 15.8 Å². The van der Waals surface area contributed by atoms with Crippen LogP contribution in [0.5, 0.6) is 0 Å². The number of carbonyl (C=O) groups excluding carboxylic acids is 2. The monoisotopic (exact) mass is 276 g/mol. The summed E-state index contributed by atoms with van der Waals surface area (Å²) in [5.41, 5.74) is 5.76. The maximum absolute atomic E-state index is 11.9. The first-order valence-corrected chi connectivity index (χ1v) is 6.63. The van der Waals surface area contributed by atoms with Crippen molar-refractivity contribution in [3.63, 3.8) is 0 Å². The third-order valence-electron chi connectivity index (χ3n) is 3.24. The third kappa shape index (κ3) is 2.82. The predicted octanol–water partition coefficient (Wildman–Crippen LogP) is 1.32. The van der Waals surface area contributed by atoms with Gasteiger partial charge in [-0.1, -0.05) is 12.1 Å². The molecule has 1 saturated heterocycles. The van der Waals surface area contributed by atoms with Crippen LogP contribution in [0.25, 0.3) is 0 Å². The van der Waals surface area contributed by atoms with Gasteiger partial charge in [0, 0.05) is 6.54 Å². The van der Waals surface area contributed by atoms with Gasteiger partial charge in [0.1, 0.15) is 11.1 Å². The number of ether oxygens (including phenoxy) is 1. The fourth-order valence-electron chi connectivity index (χ4n) is 2.16. The van der Waals surface area contributed by atoms with E-state index in [1.165, 1.54) is 0 Å². The number of nitrogens with two attached hydrogens (primary N) is 1. The van der Waals surface area contributed by atoms with Gasteiger partial charge in [0.15, 0.2) is 0 Å². The molecule has 0 aromatic heterocycles. The van der Waals surface area contributed by atoms with Crippen LogP contribution >= 0.6 is 0 Å². The van der Waals surface area contributed by atoms with Gasteiger partial charge in [-0.15, -0.1) is 0 Å². The number of carbonyl (C=O) groups is 2. The number of benzene rings is 1. The Bertz CT molecular complexity index is 531. The van der Waals surface area contributed by atoms with Crippen molar-refractivity contribution in [2.24, 2.45) is 5.73 Å². The first-order chi connectivity index (χ1) is 9.22. The van der Waals surface area contributed by atoms with E-state index in [2.05, 4.69) is 5.32 Å². The maximum atomic E-state index is 11.9. The molecule has 0 spiro atoms. The summed E-state index contributed by atoms with van der Waals surface area (Å²) in [5, 5.41) is 2.72. The Hall–Kier alpha value is -1.88. The van der Waals surface area contributed by atoms with Gasteiger partial charge in [-0.2, -0.15) is 0 Å². The first-order valence-electron chi connectivity index (χ1n) is 6.63. The molecule has 1 amide bonds. The van der Waals surface area contributed by atoms with Gasteiger partial charge in [-0.3, -0.25) is 4.79 Å². The normalized spacial score (nSPS) is 22.5. The number of hydrogen-bond acceptors (Lipinski definition) is 4. The van der Waals surface area contributed by atoms with Gasteiger partial charge >= 0.3 is 5.97 Å². The summed E-state index contributed by atoms with van der Waals surface area (Å²) in [6, 6.07) is 6.71. The Morgan fingerprint density at radius 3 is 2.35 bits per heavy atom. The molecule has 2 rings (SSSR count). The van der Waals surface area contributed by atoms with Crippen molar-refractivity contribution in [3.05, 3.63) is 35.4 Å². The lowest BCUT2D eigenvalue weighted by molar-refractivity contribution is -0.123. The summed E-state index contributed by atoms with van der Waals surface area (Å²) in [6.45, 7) is 6.02. The highest BCUT2D eigenvalue weighted by Crippen LogP contribution is 2.26. The molecule has 1 aliphatic heterocycles. The van der Waals surface area contributed by atoms with E-state index in [4.69, 9.17) is 10.5 Å². The first kappa shape index (κ1) is 14.5. The quantitative estimate of drug-likeness (QED) is 0.798. The molecule has 20 heavy (non-hydrogen) atoms. The zero-order valence-electron chi connectivity index (χ0n) is 12.0. The zero-order valence-corrected chi connectivity index (χ0v) is 12.0. The standard InChI is InChI=1S/C15H20N2O3/c1-14(2,3)20-12(18)10-4-6-11(7-5-10)15(16)8-9-17-13(15)19/h4-7H,8-9,16H2,1-3H3,(H,17,19). The van der Waals surface area contributed by atoms with Crippen molar-refractivity contribution in [2.45, 2.75) is 38.3 Å². The van der Waals surface area contributed by atoms with Crippen molar-refractivity contribution in [1.82, 2.24) is 5.32 Å². The van der Waals surface area contributed by atoms with Crippen molar-refractivity contribution in [1.29, 1.82) is 0 Å². The average molecular weight is 276 g/mol. The van der Waals surface area contributed by atoms with Crippen molar-refractivity contribution >= 4 is 11.9 Å². The largest absolute Gasteiger partial charge is 0.456 e. The van der Waals surface area contributed by atoms with Crippen LogP contribution in [-0.2, 0) is 15.1 Å². The van der Waals surface area contributed by atoms with Crippen LogP contribution in [0, 0.1) is 0 Å². The van der Waals surface area contributed by atoms with E-state index in [-0.39, 0.29) is 11.9 Å². The molecular formula is C15H20N2O3. The SMILES string of the molecule is CC(C)(C)OC(=O)c1ccc(C2(N)CCNC2=O)cc1. The van der Waals surface area contributed by atoms with Crippen LogP contribution < -0.4 is 11.1 Å². The van der Waals surface area contributed by atoms with E-state index in [1.54, 1.807) is 24.3 Å². The highest BCUT2D eigenvalue weighted by Gasteiger charge is 2.40. The van der Waals surface area contributed by atoms with E-state index in [9.17, 15) is 9.59 Å². The Kier molecular flexibility index (Phi) is 3.56. The number of esters is 1. The summed E-state index contributed by atoms with van der Waals surface area (Å²) >= 11 is 0. The van der Waals surface area contributed by atoms with Crippen molar-refractivity contribution in [2.75, 3.05) is 6.54 Å². The highest BCUT2D eigenvalue weighted by molar-refractivity contribution is 5.91. The molecule has 5 heteroatoms. The van der Waals surface area contributed by atoms with E-state index < -0.39 is 11.1 Å². The molecule has 1 heterocycles. The number of nitrogens with one attached hydrogen (secondary N) is 1. The van der Waals surface area contributed by atoms with Gasteiger partial charge in [0.05, 0.1) is 5.56 Å². The summed E-state index contributed by atoms with van der Waals surface area (Å²) in [4.78, 5) is 23.7. The smallest absolute Gasteiger partial charge is 0.338 e. The summed E-state index contributed by atoms with van der Waals surface area (Å²) < 4.78 is 5.29. The Morgan fingerprint density at radius 1 is 1.30 bits per heavy atom. The van der Waals surface area contributed by atoms with Gasteiger partial charge in [-0.25, -0.2) is 4.79 Å². The van der Waals surface area contributed by atoms with Gasteiger partial charge in [0.25, 0.3) is 0 Å². The number of hydrogen-bond donors (Lipinski definition) is 2. The molecule has 108 valence electrons. The van der Waals surface area contributed by atoms with Crippen LogP contribution in [0.1, 0.15) is 43.1 Å². The second-order valence-corrected chi connectivity index (χ2v) is 6.06. The second kappa shape index (κ2) is 4.90. The number of rotatable bonds is 2. The lowest BCUT2D eigenvalue weighted by Gasteiger charge is -2.22. The maximum Gasteiger partial charge on any atom is 0.338 e. The molecule has 0 radical (unpaired) electrons. The van der Waals surface area contributed by atoms with Crippen molar-refractivity contribution < 1.29 is 14.3 Å². The van der Waals surface area contributed by atoms with Gasteiger partial charge in [0.2, 0.25) is 5.91 Å². The minimum Gasteiger partial charge on any atom is -0.456 e. The number of amides is 1. The molecule has 0 aliphatic carbocycles. The molecule has 0 saturated carbocycles. The molecule has 0 bridgehead atoms. The van der Waals surface area contributed by atoms with E-state index in [0.29, 0.717) is 24.1 Å². The summed E-state index contributed by atoms with van der Waals surface area (Å²) in [7, 11) is 0.